The molecule has 1 amide bonds. The highest BCUT2D eigenvalue weighted by molar-refractivity contribution is 7.16. The number of anilines is 1. The molecule has 1 N–H and O–H groups in total. The first-order chi connectivity index (χ1) is 11.2. The van der Waals surface area contributed by atoms with Crippen molar-refractivity contribution in [3.8, 4) is 17.0 Å². The molecule has 3 aromatic rings. The van der Waals surface area contributed by atoms with E-state index in [1.807, 2.05) is 31.2 Å². The number of carbonyl (C=O) groups excluding carboxylic acids is 1. The molecular formula is C16H14N4O2S. The quantitative estimate of drug-likeness (QED) is 0.797. The van der Waals surface area contributed by atoms with Gasteiger partial charge in [0.05, 0.1) is 19.0 Å². The first-order valence-electron chi connectivity index (χ1n) is 6.86. The third-order valence-corrected chi connectivity index (χ3v) is 4.06. The molecule has 0 bridgehead atoms. The fraction of sp³-hybridized carbons (Fsp3) is 0.125. The Balaban J connectivity index is 1.81. The van der Waals surface area contributed by atoms with Crippen LogP contribution in [-0.2, 0) is 0 Å². The van der Waals surface area contributed by atoms with Crippen molar-refractivity contribution < 1.29 is 9.53 Å². The first-order valence-corrected chi connectivity index (χ1v) is 7.68. The molecule has 0 radical (unpaired) electrons. The third kappa shape index (κ3) is 3.35. The molecule has 116 valence electrons. The molecule has 0 aliphatic carbocycles. The second-order valence-corrected chi connectivity index (χ2v) is 5.90. The van der Waals surface area contributed by atoms with Gasteiger partial charge < -0.3 is 4.74 Å². The zero-order valence-electron chi connectivity index (χ0n) is 12.6. The van der Waals surface area contributed by atoms with Gasteiger partial charge in [0.15, 0.2) is 5.13 Å². The maximum Gasteiger partial charge on any atom is 0.277 e. The van der Waals surface area contributed by atoms with Gasteiger partial charge in [0, 0.05) is 22.8 Å². The van der Waals surface area contributed by atoms with E-state index >= 15 is 0 Å². The summed E-state index contributed by atoms with van der Waals surface area (Å²) in [6, 6.07) is 7.64. The van der Waals surface area contributed by atoms with Gasteiger partial charge in [-0.1, -0.05) is 0 Å². The van der Waals surface area contributed by atoms with E-state index in [-0.39, 0.29) is 11.6 Å². The molecule has 0 spiro atoms. The lowest BCUT2D eigenvalue weighted by atomic mass is 10.1. The van der Waals surface area contributed by atoms with Crippen molar-refractivity contribution in [3.63, 3.8) is 0 Å². The summed E-state index contributed by atoms with van der Waals surface area (Å²) in [4.78, 5) is 25.5. The summed E-state index contributed by atoms with van der Waals surface area (Å²) < 4.78 is 5.15. The van der Waals surface area contributed by atoms with Crippen LogP contribution in [0, 0.1) is 6.92 Å². The molecule has 0 aliphatic heterocycles. The molecule has 0 unspecified atom stereocenters. The predicted molar refractivity (Wildman–Crippen MR) is 88.8 cm³/mol. The lowest BCUT2D eigenvalue weighted by Gasteiger charge is -2.02. The molecule has 0 fully saturated rings. The van der Waals surface area contributed by atoms with E-state index in [4.69, 9.17) is 4.74 Å². The van der Waals surface area contributed by atoms with Crippen molar-refractivity contribution in [2.75, 3.05) is 12.4 Å². The number of aryl methyl sites for hydroxylation is 1. The molecule has 23 heavy (non-hydrogen) atoms. The molecule has 6 nitrogen and oxygen atoms in total. The van der Waals surface area contributed by atoms with Gasteiger partial charge in [-0.3, -0.25) is 15.1 Å². The van der Waals surface area contributed by atoms with Crippen LogP contribution in [0.4, 0.5) is 5.13 Å². The van der Waals surface area contributed by atoms with E-state index < -0.39 is 0 Å². The van der Waals surface area contributed by atoms with Gasteiger partial charge in [0.2, 0.25) is 0 Å². The highest BCUT2D eigenvalue weighted by Crippen LogP contribution is 2.31. The van der Waals surface area contributed by atoms with Crippen LogP contribution < -0.4 is 10.1 Å². The molecule has 7 heteroatoms. The molecule has 0 atom stereocenters. The van der Waals surface area contributed by atoms with Crippen molar-refractivity contribution in [2.24, 2.45) is 0 Å². The molecule has 2 aromatic heterocycles. The summed E-state index contributed by atoms with van der Waals surface area (Å²) in [5.74, 6) is 0.464. The zero-order valence-corrected chi connectivity index (χ0v) is 13.4. The summed E-state index contributed by atoms with van der Waals surface area (Å²) in [5.41, 5.74) is 2.07. The predicted octanol–water partition coefficient (Wildman–Crippen LogP) is 3.17. The fourth-order valence-corrected chi connectivity index (χ4v) is 2.87. The van der Waals surface area contributed by atoms with Crippen LogP contribution in [-0.4, -0.2) is 28.0 Å². The number of nitrogens with zero attached hydrogens (tertiary/aromatic N) is 3. The molecule has 3 rings (SSSR count). The van der Waals surface area contributed by atoms with Crippen LogP contribution in [0.5, 0.6) is 5.75 Å². The van der Waals surface area contributed by atoms with Gasteiger partial charge in [-0.15, -0.1) is 11.3 Å². The minimum atomic E-state index is -0.326. The summed E-state index contributed by atoms with van der Waals surface area (Å²) >= 11 is 1.42. The van der Waals surface area contributed by atoms with E-state index in [0.29, 0.717) is 5.13 Å². The highest BCUT2D eigenvalue weighted by Gasteiger charge is 2.14. The van der Waals surface area contributed by atoms with Crippen molar-refractivity contribution in [1.29, 1.82) is 0 Å². The van der Waals surface area contributed by atoms with Crippen LogP contribution in [0.2, 0.25) is 0 Å². The zero-order chi connectivity index (χ0) is 16.2. The number of methoxy groups -OCH3 is 1. The average molecular weight is 326 g/mol. The largest absolute Gasteiger partial charge is 0.497 e. The highest BCUT2D eigenvalue weighted by atomic mass is 32.1. The molecule has 0 saturated carbocycles. The van der Waals surface area contributed by atoms with Crippen molar-refractivity contribution in [2.45, 2.75) is 6.92 Å². The molecule has 0 aliphatic rings. The number of aromatic nitrogens is 3. The van der Waals surface area contributed by atoms with Crippen LogP contribution >= 0.6 is 11.3 Å². The number of carbonyl (C=O) groups is 1. The average Bonchev–Trinajstić information content (AvgIpc) is 2.96. The molecular weight excluding hydrogens is 312 g/mol. The Kier molecular flexibility index (Phi) is 4.29. The van der Waals surface area contributed by atoms with Crippen LogP contribution in [0.15, 0.2) is 42.9 Å². The number of benzene rings is 1. The number of hydrogen-bond acceptors (Lipinski definition) is 6. The van der Waals surface area contributed by atoms with Gasteiger partial charge in [-0.25, -0.2) is 9.97 Å². The monoisotopic (exact) mass is 326 g/mol. The third-order valence-electron chi connectivity index (χ3n) is 3.18. The number of rotatable bonds is 4. The SMILES string of the molecule is COc1ccc(-c2nc(NC(=O)c3cnccn3)sc2C)cc1. The molecule has 0 saturated heterocycles. The van der Waals surface area contributed by atoms with E-state index in [1.54, 1.807) is 7.11 Å². The minimum Gasteiger partial charge on any atom is -0.497 e. The maximum absolute atomic E-state index is 12.1. The van der Waals surface area contributed by atoms with E-state index in [0.717, 1.165) is 21.9 Å². The Morgan fingerprint density at radius 3 is 2.65 bits per heavy atom. The minimum absolute atomic E-state index is 0.256. The maximum atomic E-state index is 12.1. The van der Waals surface area contributed by atoms with Gasteiger partial charge in [0.1, 0.15) is 11.4 Å². The second-order valence-electron chi connectivity index (χ2n) is 4.70. The first kappa shape index (κ1) is 15.1. The van der Waals surface area contributed by atoms with Crippen molar-refractivity contribution in [1.82, 2.24) is 15.0 Å². The Morgan fingerprint density at radius 1 is 1.22 bits per heavy atom. The fourth-order valence-electron chi connectivity index (χ4n) is 2.04. The summed E-state index contributed by atoms with van der Waals surface area (Å²) in [5, 5.41) is 3.28. The number of hydrogen-bond donors (Lipinski definition) is 1. The van der Waals surface area contributed by atoms with Gasteiger partial charge in [-0.2, -0.15) is 0 Å². The van der Waals surface area contributed by atoms with Gasteiger partial charge >= 0.3 is 0 Å². The van der Waals surface area contributed by atoms with Crippen LogP contribution in [0.3, 0.4) is 0 Å². The lowest BCUT2D eigenvalue weighted by molar-refractivity contribution is 0.102. The molecule has 2 heterocycles. The Bertz CT molecular complexity index is 816. The lowest BCUT2D eigenvalue weighted by Crippen LogP contribution is -2.13. The number of nitrogens with one attached hydrogen (secondary N) is 1. The van der Waals surface area contributed by atoms with E-state index in [1.165, 1.54) is 29.9 Å². The number of thiazole rings is 1. The number of ether oxygens (including phenoxy) is 1. The van der Waals surface area contributed by atoms with E-state index in [9.17, 15) is 4.79 Å². The number of amides is 1. The topological polar surface area (TPSA) is 77.0 Å². The Labute approximate surface area is 137 Å². The second kappa shape index (κ2) is 6.53. The van der Waals surface area contributed by atoms with Crippen molar-refractivity contribution >= 4 is 22.4 Å². The standard InChI is InChI=1S/C16H14N4O2S/c1-10-14(11-3-5-12(22-2)6-4-11)19-16(23-10)20-15(21)13-9-17-7-8-18-13/h3-9H,1-2H3,(H,19,20,21). The van der Waals surface area contributed by atoms with Gasteiger partial charge in [-0.05, 0) is 31.2 Å². The smallest absolute Gasteiger partial charge is 0.277 e. The normalized spacial score (nSPS) is 10.3. The van der Waals surface area contributed by atoms with Crippen LogP contribution in [0.1, 0.15) is 15.4 Å². The van der Waals surface area contributed by atoms with Crippen molar-refractivity contribution in [3.05, 3.63) is 53.4 Å². The van der Waals surface area contributed by atoms with Gasteiger partial charge in [0.25, 0.3) is 5.91 Å². The molecule has 1 aromatic carbocycles. The summed E-state index contributed by atoms with van der Waals surface area (Å²) in [6.45, 7) is 1.97. The van der Waals surface area contributed by atoms with E-state index in [2.05, 4.69) is 20.3 Å². The summed E-state index contributed by atoms with van der Waals surface area (Å²) in [6.07, 6.45) is 4.41. The Hall–Kier alpha value is -2.80. The summed E-state index contributed by atoms with van der Waals surface area (Å²) in [7, 11) is 1.63. The Morgan fingerprint density at radius 2 is 2.00 bits per heavy atom. The van der Waals surface area contributed by atoms with Crippen LogP contribution in [0.25, 0.3) is 11.3 Å².